The number of hydrogen-bond acceptors (Lipinski definition) is 3. The van der Waals surface area contributed by atoms with Crippen LogP contribution in [0.1, 0.15) is 26.7 Å². The van der Waals surface area contributed by atoms with Gasteiger partial charge in [0.15, 0.2) is 0 Å². The lowest BCUT2D eigenvalue weighted by Crippen LogP contribution is -2.16. The molecule has 26 heavy (non-hydrogen) atoms. The summed E-state index contributed by atoms with van der Waals surface area (Å²) in [6, 6.07) is 5.71. The molecule has 0 aliphatic heterocycles. The van der Waals surface area contributed by atoms with Gasteiger partial charge in [0.25, 0.3) is 0 Å². The van der Waals surface area contributed by atoms with Gasteiger partial charge in [-0.05, 0) is 56.7 Å². The maximum atomic E-state index is 6.44. The molecule has 3 atom stereocenters. The van der Waals surface area contributed by atoms with Crippen LogP contribution in [0.5, 0.6) is 0 Å². The third-order valence-electron chi connectivity index (χ3n) is 4.96. The number of nitrogens with zero attached hydrogens (tertiary/aromatic N) is 3. The van der Waals surface area contributed by atoms with Crippen LogP contribution in [0.15, 0.2) is 45.8 Å². The summed E-state index contributed by atoms with van der Waals surface area (Å²) in [6.45, 7) is 4.14. The third kappa shape index (κ3) is 3.55. The van der Waals surface area contributed by atoms with E-state index in [1.165, 1.54) is 12.8 Å². The van der Waals surface area contributed by atoms with E-state index in [-0.39, 0.29) is 6.04 Å². The molecule has 1 aromatic carbocycles. The van der Waals surface area contributed by atoms with E-state index in [0.29, 0.717) is 21.9 Å². The van der Waals surface area contributed by atoms with Crippen LogP contribution in [0.2, 0.25) is 10.0 Å². The maximum Gasteiger partial charge on any atom is 0.206 e. The summed E-state index contributed by atoms with van der Waals surface area (Å²) < 4.78 is 1.91. The summed E-state index contributed by atoms with van der Waals surface area (Å²) in [7, 11) is 0. The Morgan fingerprint density at radius 2 is 2.08 bits per heavy atom. The van der Waals surface area contributed by atoms with Crippen molar-refractivity contribution < 1.29 is 0 Å². The van der Waals surface area contributed by atoms with Crippen molar-refractivity contribution in [1.29, 1.82) is 0 Å². The second kappa shape index (κ2) is 7.34. The van der Waals surface area contributed by atoms with Gasteiger partial charge in [-0.25, -0.2) is 4.68 Å². The quantitative estimate of drug-likeness (QED) is 0.449. The third-order valence-corrected chi connectivity index (χ3v) is 6.36. The predicted molar refractivity (Wildman–Crippen MR) is 111 cm³/mol. The summed E-state index contributed by atoms with van der Waals surface area (Å²) in [5, 5.41) is 8.21. The molecule has 1 saturated carbocycles. The first-order valence-corrected chi connectivity index (χ1v) is 10.6. The molecule has 2 aliphatic carbocycles. The molecule has 1 heterocycles. The van der Waals surface area contributed by atoms with Crippen LogP contribution in [-0.2, 0) is 0 Å². The van der Waals surface area contributed by atoms with E-state index in [4.69, 9.17) is 33.3 Å². The lowest BCUT2D eigenvalue weighted by molar-refractivity contribution is 0.589. The van der Waals surface area contributed by atoms with Gasteiger partial charge in [0.05, 0.1) is 10.7 Å². The molecule has 2 aliphatic rings. The second-order valence-corrected chi connectivity index (χ2v) is 8.95. The van der Waals surface area contributed by atoms with Crippen molar-refractivity contribution in [2.45, 2.75) is 32.7 Å². The molecule has 4 rings (SSSR count). The number of halogens is 2. The Hall–Kier alpha value is -1.36. The Labute approximate surface area is 167 Å². The van der Waals surface area contributed by atoms with E-state index in [9.17, 15) is 0 Å². The number of aromatic nitrogens is 1. The summed E-state index contributed by atoms with van der Waals surface area (Å²) in [5.41, 5.74) is 1.81. The zero-order valence-electron chi connectivity index (χ0n) is 14.8. The van der Waals surface area contributed by atoms with Crippen molar-refractivity contribution in [2.24, 2.45) is 27.8 Å². The molecule has 1 aromatic heterocycles. The normalized spacial score (nSPS) is 25.3. The highest BCUT2D eigenvalue weighted by Crippen LogP contribution is 2.42. The SMILES string of the molecule is CC(C)N=c1scc(-c2cc(Cl)ccc2Cl)n1N=CC1CC2C=CC1C2. The first-order valence-electron chi connectivity index (χ1n) is 8.94. The van der Waals surface area contributed by atoms with Crippen molar-refractivity contribution in [3.05, 3.63) is 50.6 Å². The molecule has 6 heteroatoms. The first-order chi connectivity index (χ1) is 12.5. The average molecular weight is 406 g/mol. The fraction of sp³-hybridized carbons (Fsp3) is 0.400. The number of thiazole rings is 1. The van der Waals surface area contributed by atoms with Crippen molar-refractivity contribution in [1.82, 2.24) is 4.68 Å². The molecule has 0 amide bonds. The van der Waals surface area contributed by atoms with Gasteiger partial charge in [-0.15, -0.1) is 11.3 Å². The minimum absolute atomic E-state index is 0.197. The summed E-state index contributed by atoms with van der Waals surface area (Å²) in [5.74, 6) is 1.87. The largest absolute Gasteiger partial charge is 0.255 e. The molecule has 3 nitrogen and oxygen atoms in total. The Balaban J connectivity index is 1.77. The summed E-state index contributed by atoms with van der Waals surface area (Å²) in [6.07, 6.45) is 9.25. The first kappa shape index (κ1) is 18.0. The Kier molecular flexibility index (Phi) is 5.09. The van der Waals surface area contributed by atoms with Crippen molar-refractivity contribution in [3.63, 3.8) is 0 Å². The number of hydrogen-bond donors (Lipinski definition) is 0. The molecule has 0 N–H and O–H groups in total. The van der Waals surface area contributed by atoms with E-state index in [2.05, 4.69) is 37.6 Å². The van der Waals surface area contributed by atoms with Crippen LogP contribution >= 0.6 is 34.5 Å². The highest BCUT2D eigenvalue weighted by atomic mass is 35.5. The number of rotatable bonds is 4. The number of allylic oxidation sites excluding steroid dienone is 2. The van der Waals surface area contributed by atoms with E-state index in [1.54, 1.807) is 17.4 Å². The minimum atomic E-state index is 0.197. The average Bonchev–Trinajstić information content (AvgIpc) is 3.30. The topological polar surface area (TPSA) is 29.6 Å². The van der Waals surface area contributed by atoms with Gasteiger partial charge < -0.3 is 0 Å². The van der Waals surface area contributed by atoms with Crippen LogP contribution in [0.4, 0.5) is 0 Å². The van der Waals surface area contributed by atoms with E-state index in [0.717, 1.165) is 22.0 Å². The zero-order valence-corrected chi connectivity index (χ0v) is 17.1. The van der Waals surface area contributed by atoms with Gasteiger partial charge in [-0.1, -0.05) is 35.4 Å². The van der Waals surface area contributed by atoms with Crippen LogP contribution in [0.25, 0.3) is 11.3 Å². The molecule has 0 saturated heterocycles. The van der Waals surface area contributed by atoms with Gasteiger partial charge in [-0.2, -0.15) is 5.10 Å². The van der Waals surface area contributed by atoms with Crippen LogP contribution in [0.3, 0.4) is 0 Å². The van der Waals surface area contributed by atoms with Crippen molar-refractivity contribution >= 4 is 40.8 Å². The number of benzene rings is 1. The Morgan fingerprint density at radius 1 is 1.23 bits per heavy atom. The van der Waals surface area contributed by atoms with E-state index in [1.807, 2.05) is 16.8 Å². The molecule has 2 bridgehead atoms. The van der Waals surface area contributed by atoms with E-state index >= 15 is 0 Å². The maximum absolute atomic E-state index is 6.44. The Bertz CT molecular complexity index is 939. The van der Waals surface area contributed by atoms with E-state index < -0.39 is 0 Å². The lowest BCUT2D eigenvalue weighted by Gasteiger charge is -2.13. The van der Waals surface area contributed by atoms with Gasteiger partial charge in [0.1, 0.15) is 0 Å². The molecular formula is C20H21Cl2N3S. The molecule has 3 unspecified atom stereocenters. The highest BCUT2D eigenvalue weighted by molar-refractivity contribution is 7.07. The smallest absolute Gasteiger partial charge is 0.206 e. The molecule has 2 aromatic rings. The number of fused-ring (bicyclic) bond motifs is 2. The monoisotopic (exact) mass is 405 g/mol. The van der Waals surface area contributed by atoms with Crippen molar-refractivity contribution in [2.75, 3.05) is 0 Å². The van der Waals surface area contributed by atoms with Crippen LogP contribution < -0.4 is 4.80 Å². The fourth-order valence-electron chi connectivity index (χ4n) is 3.75. The molecule has 0 spiro atoms. The lowest BCUT2D eigenvalue weighted by atomic mass is 9.95. The van der Waals surface area contributed by atoms with Gasteiger partial charge in [0.2, 0.25) is 4.80 Å². The molecular weight excluding hydrogens is 385 g/mol. The zero-order chi connectivity index (χ0) is 18.3. The summed E-state index contributed by atoms with van der Waals surface area (Å²) in [4.78, 5) is 5.60. The van der Waals surface area contributed by atoms with Gasteiger partial charge >= 0.3 is 0 Å². The van der Waals surface area contributed by atoms with Gasteiger partial charge in [0, 0.05) is 34.1 Å². The van der Waals surface area contributed by atoms with Gasteiger partial charge in [-0.3, -0.25) is 4.99 Å². The van der Waals surface area contributed by atoms with Crippen LogP contribution in [0, 0.1) is 17.8 Å². The standard InChI is InChI=1S/C20H21Cl2N3S/c1-12(2)24-20-25(23-10-15-8-13-3-4-14(15)7-13)19(11-26-20)17-9-16(21)5-6-18(17)22/h3-6,9-15H,7-8H2,1-2H3. The predicted octanol–water partition coefficient (Wildman–Crippen LogP) is 5.88. The summed E-state index contributed by atoms with van der Waals surface area (Å²) >= 11 is 14.2. The van der Waals surface area contributed by atoms with Crippen LogP contribution in [-0.4, -0.2) is 16.9 Å². The molecule has 136 valence electrons. The Morgan fingerprint density at radius 3 is 2.77 bits per heavy atom. The fourth-order valence-corrected chi connectivity index (χ4v) is 5.09. The van der Waals surface area contributed by atoms with Crippen molar-refractivity contribution in [3.8, 4) is 11.3 Å². The minimum Gasteiger partial charge on any atom is -0.255 e. The molecule has 1 fully saturated rings. The molecule has 0 radical (unpaired) electrons. The highest BCUT2D eigenvalue weighted by Gasteiger charge is 2.34. The second-order valence-electron chi connectivity index (χ2n) is 7.27.